The number of halogens is 1. The highest BCUT2D eigenvalue weighted by molar-refractivity contribution is 5.83. The number of hydrogen-bond acceptors (Lipinski definition) is 4. The highest BCUT2D eigenvalue weighted by atomic mass is 19.3. The zero-order valence-corrected chi connectivity index (χ0v) is 19.2. The minimum Gasteiger partial charge on any atom is -0.481 e. The van der Waals surface area contributed by atoms with Crippen LogP contribution in [0.4, 0.5) is 4.53 Å². The molecule has 6 heteroatoms. The molecule has 1 saturated carbocycles. The van der Waals surface area contributed by atoms with Crippen molar-refractivity contribution in [3.05, 3.63) is 35.5 Å². The molecule has 170 valence electrons. The van der Waals surface area contributed by atoms with Crippen molar-refractivity contribution < 1.29 is 19.4 Å². The lowest BCUT2D eigenvalue weighted by Gasteiger charge is -2.36. The number of nitrogens with zero attached hydrogens (tertiary/aromatic N) is 2. The van der Waals surface area contributed by atoms with Crippen molar-refractivity contribution >= 4 is 16.9 Å². The fraction of sp³-hybridized carbons (Fsp3) is 0.600. The van der Waals surface area contributed by atoms with Gasteiger partial charge in [-0.15, -0.1) is 0 Å². The second-order valence-corrected chi connectivity index (χ2v) is 10.1. The minimum absolute atomic E-state index is 0.159. The van der Waals surface area contributed by atoms with Crippen molar-refractivity contribution in [2.24, 2.45) is 17.3 Å². The second-order valence-electron chi connectivity index (χ2n) is 10.1. The number of carbonyl (C=O) groups is 1. The van der Waals surface area contributed by atoms with Gasteiger partial charge < -0.3 is 5.11 Å². The number of aromatic nitrogens is 1. The molecule has 2 aromatic rings. The quantitative estimate of drug-likeness (QED) is 0.651. The van der Waals surface area contributed by atoms with Gasteiger partial charge in [-0.2, -0.15) is 0 Å². The maximum absolute atomic E-state index is 12.2. The highest BCUT2D eigenvalue weighted by Gasteiger charge is 2.32. The maximum atomic E-state index is 12.2. The molecule has 1 aromatic carbocycles. The molecule has 0 radical (unpaired) electrons. The average molecular weight is 431 g/mol. The lowest BCUT2D eigenvalue weighted by atomic mass is 9.72. The van der Waals surface area contributed by atoms with Gasteiger partial charge in [0.15, 0.2) is 5.75 Å². The second kappa shape index (κ2) is 9.94. The molecule has 0 bridgehead atoms. The number of carboxylic acids is 1. The number of hydrogen-bond donors (Lipinski definition) is 1. The molecular formula is C25H35FN2O3. The summed E-state index contributed by atoms with van der Waals surface area (Å²) in [6, 6.07) is 6.81. The van der Waals surface area contributed by atoms with E-state index in [0.717, 1.165) is 28.1 Å². The Balaban J connectivity index is 0.000000229. The molecule has 1 aliphatic carbocycles. The van der Waals surface area contributed by atoms with Gasteiger partial charge in [-0.05, 0) is 60.9 Å². The first-order valence-corrected chi connectivity index (χ1v) is 11.3. The van der Waals surface area contributed by atoms with Gasteiger partial charge in [0.05, 0.1) is 17.1 Å². The van der Waals surface area contributed by atoms with E-state index in [1.54, 1.807) is 12.1 Å². The van der Waals surface area contributed by atoms with Crippen LogP contribution in [-0.4, -0.2) is 34.0 Å². The first-order valence-electron chi connectivity index (χ1n) is 11.3. The van der Waals surface area contributed by atoms with Gasteiger partial charge in [-0.25, -0.2) is 0 Å². The molecule has 2 aliphatic rings. The lowest BCUT2D eigenvalue weighted by Crippen LogP contribution is -2.49. The molecule has 0 unspecified atom stereocenters. The summed E-state index contributed by atoms with van der Waals surface area (Å²) in [5.41, 5.74) is 3.23. The topological polar surface area (TPSA) is 62.7 Å². The molecule has 2 heterocycles. The Kier molecular flexibility index (Phi) is 7.52. The number of pyridine rings is 1. The lowest BCUT2D eigenvalue weighted by molar-refractivity contribution is -0.147. The fourth-order valence-electron chi connectivity index (χ4n) is 4.63. The van der Waals surface area contributed by atoms with E-state index in [4.69, 9.17) is 5.11 Å². The number of rotatable bonds is 4. The summed E-state index contributed by atoms with van der Waals surface area (Å²) in [5.74, 6) is 0.150. The molecule has 1 aromatic heterocycles. The third-order valence-electron chi connectivity index (χ3n) is 6.65. The molecule has 2 fully saturated rings. The normalized spacial score (nSPS) is 18.2. The van der Waals surface area contributed by atoms with Gasteiger partial charge in [0.2, 0.25) is 0 Å². The van der Waals surface area contributed by atoms with E-state index in [0.29, 0.717) is 25.0 Å². The number of benzene rings is 1. The molecular weight excluding hydrogens is 395 g/mol. The van der Waals surface area contributed by atoms with E-state index in [1.165, 1.54) is 38.2 Å². The smallest absolute Gasteiger partial charge is 0.309 e. The van der Waals surface area contributed by atoms with Gasteiger partial charge in [0.1, 0.15) is 0 Å². The molecule has 1 aliphatic heterocycles. The van der Waals surface area contributed by atoms with Crippen LogP contribution in [0.1, 0.15) is 64.1 Å². The summed E-state index contributed by atoms with van der Waals surface area (Å²) in [6.45, 7) is 10.8. The number of aliphatic carboxylic acids is 1. The number of likely N-dealkylation sites (tertiary alicyclic amines) is 1. The Morgan fingerprint density at radius 3 is 2.42 bits per heavy atom. The number of carboxylic acid groups (broad SMARTS) is 1. The van der Waals surface area contributed by atoms with Gasteiger partial charge in [-0.1, -0.05) is 40.0 Å². The summed E-state index contributed by atoms with van der Waals surface area (Å²) in [5, 5.41) is 9.72. The zero-order chi connectivity index (χ0) is 22.6. The van der Waals surface area contributed by atoms with E-state index in [1.807, 2.05) is 17.9 Å². The third kappa shape index (κ3) is 6.16. The molecule has 31 heavy (non-hydrogen) atoms. The van der Waals surface area contributed by atoms with E-state index >= 15 is 0 Å². The fourth-order valence-corrected chi connectivity index (χ4v) is 4.63. The van der Waals surface area contributed by atoms with Crippen LogP contribution in [0.5, 0.6) is 5.75 Å². The Morgan fingerprint density at radius 2 is 1.87 bits per heavy atom. The Hall–Kier alpha value is -2.21. The van der Waals surface area contributed by atoms with Crippen LogP contribution in [-0.2, 0) is 11.3 Å². The summed E-state index contributed by atoms with van der Waals surface area (Å²) in [6.07, 6.45) is 7.38. The molecule has 0 amide bonds. The monoisotopic (exact) mass is 430 g/mol. The summed E-state index contributed by atoms with van der Waals surface area (Å²) in [4.78, 5) is 21.1. The predicted octanol–water partition coefficient (Wildman–Crippen LogP) is 5.94. The minimum atomic E-state index is -0.743. The summed E-state index contributed by atoms with van der Waals surface area (Å²) in [7, 11) is 0. The van der Waals surface area contributed by atoms with Crippen LogP contribution in [0, 0.1) is 24.2 Å². The van der Waals surface area contributed by atoms with Crippen LogP contribution < -0.4 is 4.94 Å². The first kappa shape index (κ1) is 23.5. The molecule has 0 atom stereocenters. The van der Waals surface area contributed by atoms with Crippen molar-refractivity contribution in [3.8, 4) is 5.75 Å². The third-order valence-corrected chi connectivity index (χ3v) is 6.65. The van der Waals surface area contributed by atoms with Crippen molar-refractivity contribution in [1.29, 1.82) is 0 Å². The Labute approximate surface area is 184 Å². The molecule has 1 saturated heterocycles. The van der Waals surface area contributed by atoms with Gasteiger partial charge in [0.25, 0.3) is 0 Å². The Bertz CT molecular complexity index is 898. The Morgan fingerprint density at radius 1 is 1.19 bits per heavy atom. The van der Waals surface area contributed by atoms with E-state index < -0.39 is 5.97 Å². The van der Waals surface area contributed by atoms with Crippen molar-refractivity contribution in [2.75, 3.05) is 13.1 Å². The maximum Gasteiger partial charge on any atom is 0.309 e. The van der Waals surface area contributed by atoms with Crippen molar-refractivity contribution in [1.82, 2.24) is 9.88 Å². The molecule has 5 nitrogen and oxygen atoms in total. The van der Waals surface area contributed by atoms with Crippen molar-refractivity contribution in [3.63, 3.8) is 0 Å². The van der Waals surface area contributed by atoms with Crippen LogP contribution >= 0.6 is 0 Å². The predicted molar refractivity (Wildman–Crippen MR) is 121 cm³/mol. The van der Waals surface area contributed by atoms with Gasteiger partial charge >= 0.3 is 5.97 Å². The first-order chi connectivity index (χ1) is 14.7. The van der Waals surface area contributed by atoms with E-state index in [-0.39, 0.29) is 11.7 Å². The van der Waals surface area contributed by atoms with Crippen LogP contribution in [0.2, 0.25) is 0 Å². The van der Waals surface area contributed by atoms with Gasteiger partial charge in [-0.3, -0.25) is 19.6 Å². The SMILES string of the molecule is CC(C)(C)C1CCCCC1.Cc1cc(CN2CC(C(=O)O)C2)nc2ccc(OF)cc12. The summed E-state index contributed by atoms with van der Waals surface area (Å²) < 4.78 is 12.2. The summed E-state index contributed by atoms with van der Waals surface area (Å²) >= 11 is 0. The standard InChI is InChI=1S/C15H15FN2O3.C10H20/c1-9-4-11(8-18-6-10(7-18)15(19)20)17-14-3-2-12(21-16)5-13(9)14;1-10(2,3)9-7-5-4-6-8-9/h2-5,10H,6-8H2,1H3,(H,19,20);9H,4-8H2,1-3H3. The van der Waals surface area contributed by atoms with Crippen LogP contribution in [0.15, 0.2) is 24.3 Å². The van der Waals surface area contributed by atoms with E-state index in [9.17, 15) is 9.32 Å². The van der Waals surface area contributed by atoms with Crippen LogP contribution in [0.3, 0.4) is 0 Å². The highest BCUT2D eigenvalue weighted by Crippen LogP contribution is 2.37. The largest absolute Gasteiger partial charge is 0.481 e. The van der Waals surface area contributed by atoms with E-state index in [2.05, 4.69) is 30.7 Å². The van der Waals surface area contributed by atoms with Crippen molar-refractivity contribution in [2.45, 2.75) is 66.3 Å². The van der Waals surface area contributed by atoms with Gasteiger partial charge in [0, 0.05) is 29.5 Å². The number of fused-ring (bicyclic) bond motifs is 1. The number of aryl methyl sites for hydroxylation is 1. The zero-order valence-electron chi connectivity index (χ0n) is 19.2. The molecule has 1 N–H and O–H groups in total. The molecule has 0 spiro atoms. The molecule has 4 rings (SSSR count). The van der Waals surface area contributed by atoms with Crippen LogP contribution in [0.25, 0.3) is 10.9 Å². The average Bonchev–Trinajstić information content (AvgIpc) is 2.70.